The molecule has 0 bridgehead atoms. The number of likely N-dealkylation sites (N-methyl/N-ethyl adjacent to an activating group) is 1. The lowest BCUT2D eigenvalue weighted by atomic mass is 10.3. The lowest BCUT2D eigenvalue weighted by molar-refractivity contribution is 0.0702. The Morgan fingerprint density at radius 3 is 3.08 bits per heavy atom. The Morgan fingerprint density at radius 2 is 2.50 bits per heavy atom. The van der Waals surface area contributed by atoms with E-state index in [9.17, 15) is 4.79 Å². The van der Waals surface area contributed by atoms with Crippen LogP contribution in [0.3, 0.4) is 0 Å². The number of hydrogen-bond donors (Lipinski definition) is 1. The highest BCUT2D eigenvalue weighted by Gasteiger charge is 2.21. The molecule has 0 radical (unpaired) electrons. The molecule has 4 heteroatoms. The molecular weight excluding hydrogens is 174 g/mol. The van der Waals surface area contributed by atoms with Crippen LogP contribution in [0.4, 0.5) is 5.69 Å². The average molecular weight is 183 g/mol. The summed E-state index contributed by atoms with van der Waals surface area (Å²) in [5.41, 5.74) is 1.09. The van der Waals surface area contributed by atoms with Gasteiger partial charge >= 0.3 is 5.97 Å². The molecule has 1 aromatic rings. The number of fused-ring (bicyclic) bond motifs is 1. The molecule has 0 aromatic carbocycles. The largest absolute Gasteiger partial charge is 0.477 e. The van der Waals surface area contributed by atoms with Crippen molar-refractivity contribution in [2.45, 2.75) is 6.42 Å². The Bertz CT molecular complexity index is 332. The summed E-state index contributed by atoms with van der Waals surface area (Å²) in [5.74, 6) is -0.817. The van der Waals surface area contributed by atoms with Crippen molar-refractivity contribution in [3.05, 3.63) is 15.8 Å². The first-order valence-corrected chi connectivity index (χ1v) is 4.57. The van der Waals surface area contributed by atoms with Gasteiger partial charge in [-0.05, 0) is 6.07 Å². The van der Waals surface area contributed by atoms with Crippen molar-refractivity contribution >= 4 is 23.0 Å². The van der Waals surface area contributed by atoms with E-state index < -0.39 is 5.97 Å². The molecule has 12 heavy (non-hydrogen) atoms. The maximum absolute atomic E-state index is 10.6. The first kappa shape index (κ1) is 7.61. The molecule has 0 fully saturated rings. The second-order valence-corrected chi connectivity index (χ2v) is 4.03. The summed E-state index contributed by atoms with van der Waals surface area (Å²) in [4.78, 5) is 14.4. The predicted molar refractivity (Wildman–Crippen MR) is 48.3 cm³/mol. The fourth-order valence-corrected chi connectivity index (χ4v) is 2.45. The zero-order valence-corrected chi connectivity index (χ0v) is 7.52. The van der Waals surface area contributed by atoms with Crippen molar-refractivity contribution in [2.24, 2.45) is 0 Å². The maximum Gasteiger partial charge on any atom is 0.345 e. The smallest absolute Gasteiger partial charge is 0.345 e. The molecule has 3 nitrogen and oxygen atoms in total. The zero-order chi connectivity index (χ0) is 8.72. The van der Waals surface area contributed by atoms with Crippen LogP contribution in [-0.4, -0.2) is 24.7 Å². The Balaban J connectivity index is 2.43. The minimum Gasteiger partial charge on any atom is -0.477 e. The number of carbonyl (C=O) groups is 1. The van der Waals surface area contributed by atoms with Crippen LogP contribution in [0.5, 0.6) is 0 Å². The minimum atomic E-state index is -0.817. The molecule has 1 aliphatic rings. The first-order valence-electron chi connectivity index (χ1n) is 3.75. The molecular formula is C8H9NO2S. The van der Waals surface area contributed by atoms with Crippen LogP contribution in [0.25, 0.3) is 0 Å². The van der Waals surface area contributed by atoms with Crippen molar-refractivity contribution in [1.29, 1.82) is 0 Å². The highest BCUT2D eigenvalue weighted by molar-refractivity contribution is 7.14. The van der Waals surface area contributed by atoms with Gasteiger partial charge in [-0.3, -0.25) is 0 Å². The molecule has 1 N–H and O–H groups in total. The van der Waals surface area contributed by atoms with Crippen LogP contribution in [-0.2, 0) is 6.42 Å². The monoisotopic (exact) mass is 183 g/mol. The van der Waals surface area contributed by atoms with Crippen LogP contribution >= 0.6 is 11.3 Å². The normalized spacial score (nSPS) is 14.9. The van der Waals surface area contributed by atoms with E-state index in [0.717, 1.165) is 18.7 Å². The van der Waals surface area contributed by atoms with Gasteiger partial charge in [0.25, 0.3) is 0 Å². The molecule has 0 unspecified atom stereocenters. The molecule has 0 amide bonds. The van der Waals surface area contributed by atoms with E-state index >= 15 is 0 Å². The zero-order valence-electron chi connectivity index (χ0n) is 6.70. The molecule has 1 aliphatic heterocycles. The molecule has 2 rings (SSSR count). The summed E-state index contributed by atoms with van der Waals surface area (Å²) >= 11 is 1.39. The summed E-state index contributed by atoms with van der Waals surface area (Å²) in [6, 6.07) is 1.76. The van der Waals surface area contributed by atoms with Crippen LogP contribution in [0.15, 0.2) is 6.07 Å². The quantitative estimate of drug-likeness (QED) is 0.716. The van der Waals surface area contributed by atoms with Crippen molar-refractivity contribution in [1.82, 2.24) is 0 Å². The molecule has 1 aromatic heterocycles. The summed E-state index contributed by atoms with van der Waals surface area (Å²) in [5, 5.41) is 8.72. The number of carboxylic acids is 1. The Hall–Kier alpha value is -1.03. The molecule has 2 heterocycles. The maximum atomic E-state index is 10.6. The lowest BCUT2D eigenvalue weighted by Gasteiger charge is -2.08. The van der Waals surface area contributed by atoms with Crippen LogP contribution in [0, 0.1) is 0 Å². The predicted octanol–water partition coefficient (Wildman–Crippen LogP) is 1.44. The van der Waals surface area contributed by atoms with E-state index in [1.807, 2.05) is 7.05 Å². The topological polar surface area (TPSA) is 40.5 Å². The Kier molecular flexibility index (Phi) is 1.58. The number of rotatable bonds is 1. The van der Waals surface area contributed by atoms with E-state index in [-0.39, 0.29) is 0 Å². The van der Waals surface area contributed by atoms with Gasteiger partial charge in [0, 0.05) is 24.9 Å². The molecule has 0 spiro atoms. The van der Waals surface area contributed by atoms with E-state index in [4.69, 9.17) is 5.11 Å². The third kappa shape index (κ3) is 0.992. The highest BCUT2D eigenvalue weighted by atomic mass is 32.1. The van der Waals surface area contributed by atoms with Gasteiger partial charge in [0.2, 0.25) is 0 Å². The molecule has 0 atom stereocenters. The minimum absolute atomic E-state index is 0.451. The highest BCUT2D eigenvalue weighted by Crippen LogP contribution is 2.34. The third-order valence-electron chi connectivity index (χ3n) is 2.08. The second-order valence-electron chi connectivity index (χ2n) is 2.90. The van der Waals surface area contributed by atoms with Gasteiger partial charge in [0.05, 0.1) is 5.69 Å². The van der Waals surface area contributed by atoms with Gasteiger partial charge in [-0.15, -0.1) is 11.3 Å². The number of nitrogens with zero attached hydrogens (tertiary/aromatic N) is 1. The van der Waals surface area contributed by atoms with Crippen LogP contribution < -0.4 is 4.90 Å². The standard InChI is InChI=1S/C8H9NO2S/c1-9-3-2-6-5(9)4-7(12-6)8(10)11/h4H,2-3H2,1H3,(H,10,11). The van der Waals surface area contributed by atoms with E-state index in [0.29, 0.717) is 4.88 Å². The number of hydrogen-bond acceptors (Lipinski definition) is 3. The third-order valence-corrected chi connectivity index (χ3v) is 3.26. The van der Waals surface area contributed by atoms with E-state index in [1.54, 1.807) is 6.07 Å². The molecule has 64 valence electrons. The summed E-state index contributed by atoms with van der Waals surface area (Å²) in [6.07, 6.45) is 0.990. The Labute approximate surface area is 74.2 Å². The molecule has 0 saturated heterocycles. The Morgan fingerprint density at radius 1 is 1.75 bits per heavy atom. The SMILES string of the molecule is CN1CCc2sc(C(=O)O)cc21. The lowest BCUT2D eigenvalue weighted by Crippen LogP contribution is -2.12. The van der Waals surface area contributed by atoms with E-state index in [1.165, 1.54) is 16.2 Å². The average Bonchev–Trinajstić information content (AvgIpc) is 2.53. The fourth-order valence-electron chi connectivity index (χ4n) is 1.42. The van der Waals surface area contributed by atoms with Crippen molar-refractivity contribution < 1.29 is 9.90 Å². The van der Waals surface area contributed by atoms with Gasteiger partial charge < -0.3 is 10.0 Å². The van der Waals surface area contributed by atoms with Gasteiger partial charge in [-0.2, -0.15) is 0 Å². The first-order chi connectivity index (χ1) is 5.68. The molecule has 0 aliphatic carbocycles. The second kappa shape index (κ2) is 2.48. The number of anilines is 1. The van der Waals surface area contributed by atoms with Crippen LogP contribution in [0.1, 0.15) is 14.5 Å². The van der Waals surface area contributed by atoms with Crippen molar-refractivity contribution in [3.63, 3.8) is 0 Å². The molecule has 0 saturated carbocycles. The number of aromatic carboxylic acids is 1. The summed E-state index contributed by atoms with van der Waals surface area (Å²) in [7, 11) is 1.99. The summed E-state index contributed by atoms with van der Waals surface area (Å²) < 4.78 is 0. The van der Waals surface area contributed by atoms with Crippen molar-refractivity contribution in [2.75, 3.05) is 18.5 Å². The fraction of sp³-hybridized carbons (Fsp3) is 0.375. The van der Waals surface area contributed by atoms with Gasteiger partial charge in [0.15, 0.2) is 0 Å². The van der Waals surface area contributed by atoms with Gasteiger partial charge in [0.1, 0.15) is 4.88 Å². The van der Waals surface area contributed by atoms with Crippen LogP contribution in [0.2, 0.25) is 0 Å². The van der Waals surface area contributed by atoms with E-state index in [2.05, 4.69) is 4.90 Å². The van der Waals surface area contributed by atoms with Gasteiger partial charge in [-0.1, -0.05) is 0 Å². The number of thiophene rings is 1. The van der Waals surface area contributed by atoms with Gasteiger partial charge in [-0.25, -0.2) is 4.79 Å². The van der Waals surface area contributed by atoms with Crippen molar-refractivity contribution in [3.8, 4) is 0 Å². The number of carboxylic acid groups (broad SMARTS) is 1. The summed E-state index contributed by atoms with van der Waals surface area (Å²) in [6.45, 7) is 1.01.